The lowest BCUT2D eigenvalue weighted by molar-refractivity contribution is 1.16. The number of anilines is 1. The quantitative estimate of drug-likeness (QED) is 0.860. The fourth-order valence-corrected chi connectivity index (χ4v) is 1.59. The highest BCUT2D eigenvalue weighted by Crippen LogP contribution is 2.27. The van der Waals surface area contributed by atoms with Crippen LogP contribution in [0.25, 0.3) is 11.4 Å². The average Bonchev–Trinajstić information content (AvgIpc) is 2.32. The lowest BCUT2D eigenvalue weighted by Crippen LogP contribution is -1.98. The maximum atomic E-state index is 8.79. The van der Waals surface area contributed by atoms with Crippen LogP contribution < -0.4 is 5.73 Å². The first-order chi connectivity index (χ1) is 8.10. The van der Waals surface area contributed by atoms with Gasteiger partial charge in [-0.2, -0.15) is 5.26 Å². The standard InChI is InChI=1S/C11H6Cl2N4/c12-8-2-1-6(3-9(8)13)11-16-7(5-14)4-10(15)17-11/h1-4H,(H2,15,16,17). The molecule has 1 heterocycles. The van der Waals surface area contributed by atoms with Crippen molar-refractivity contribution in [2.75, 3.05) is 5.73 Å². The van der Waals surface area contributed by atoms with Crippen molar-refractivity contribution in [1.82, 2.24) is 9.97 Å². The van der Waals surface area contributed by atoms with Crippen molar-refractivity contribution in [1.29, 1.82) is 5.26 Å². The third kappa shape index (κ3) is 2.47. The number of hydrogen-bond donors (Lipinski definition) is 1. The summed E-state index contributed by atoms with van der Waals surface area (Å²) in [7, 11) is 0. The van der Waals surface area contributed by atoms with Gasteiger partial charge in [0.2, 0.25) is 0 Å². The van der Waals surface area contributed by atoms with Gasteiger partial charge in [0.15, 0.2) is 5.82 Å². The Bertz CT molecular complexity index is 619. The van der Waals surface area contributed by atoms with Crippen LogP contribution in [-0.4, -0.2) is 9.97 Å². The van der Waals surface area contributed by atoms with E-state index >= 15 is 0 Å². The Hall–Kier alpha value is -1.83. The van der Waals surface area contributed by atoms with Crippen molar-refractivity contribution >= 4 is 29.0 Å². The number of hydrogen-bond acceptors (Lipinski definition) is 4. The molecule has 1 aromatic carbocycles. The van der Waals surface area contributed by atoms with Crippen LogP contribution in [0, 0.1) is 11.3 Å². The van der Waals surface area contributed by atoms with Gasteiger partial charge in [-0.15, -0.1) is 0 Å². The van der Waals surface area contributed by atoms with E-state index in [9.17, 15) is 0 Å². The number of nitrogens with zero attached hydrogens (tertiary/aromatic N) is 3. The first kappa shape index (κ1) is 11.6. The van der Waals surface area contributed by atoms with Crippen molar-refractivity contribution in [2.24, 2.45) is 0 Å². The first-order valence-electron chi connectivity index (χ1n) is 4.60. The summed E-state index contributed by atoms with van der Waals surface area (Å²) >= 11 is 11.7. The van der Waals surface area contributed by atoms with Gasteiger partial charge in [0.25, 0.3) is 0 Å². The minimum absolute atomic E-state index is 0.207. The molecule has 0 saturated carbocycles. The molecule has 6 heteroatoms. The van der Waals surface area contributed by atoms with Gasteiger partial charge in [-0.1, -0.05) is 23.2 Å². The van der Waals surface area contributed by atoms with E-state index < -0.39 is 0 Å². The molecule has 0 fully saturated rings. The third-order valence-electron chi connectivity index (χ3n) is 2.04. The van der Waals surface area contributed by atoms with Crippen molar-refractivity contribution in [3.8, 4) is 17.5 Å². The lowest BCUT2D eigenvalue weighted by Gasteiger charge is -2.03. The lowest BCUT2D eigenvalue weighted by atomic mass is 10.2. The molecule has 0 aliphatic carbocycles. The van der Waals surface area contributed by atoms with E-state index in [1.165, 1.54) is 6.07 Å². The second-order valence-corrected chi connectivity index (χ2v) is 4.06. The molecule has 0 unspecified atom stereocenters. The maximum Gasteiger partial charge on any atom is 0.163 e. The van der Waals surface area contributed by atoms with E-state index in [0.29, 0.717) is 21.4 Å². The number of nitrogens with two attached hydrogens (primary N) is 1. The Morgan fingerprint density at radius 2 is 1.88 bits per heavy atom. The fraction of sp³-hybridized carbons (Fsp3) is 0. The molecule has 0 saturated heterocycles. The number of aromatic nitrogens is 2. The molecule has 4 nitrogen and oxygen atoms in total. The molecule has 0 aliphatic heterocycles. The summed E-state index contributed by atoms with van der Waals surface area (Å²) in [5, 5.41) is 9.63. The molecule has 0 aliphatic rings. The Kier molecular flexibility index (Phi) is 3.14. The van der Waals surface area contributed by atoms with Crippen molar-refractivity contribution in [3.63, 3.8) is 0 Å². The van der Waals surface area contributed by atoms with Crippen LogP contribution in [0.1, 0.15) is 5.69 Å². The minimum atomic E-state index is 0.207. The van der Waals surface area contributed by atoms with Crippen LogP contribution in [0.15, 0.2) is 24.3 Å². The first-order valence-corrected chi connectivity index (χ1v) is 5.36. The smallest absolute Gasteiger partial charge is 0.163 e. The molecule has 1 aromatic heterocycles. The molecule has 0 amide bonds. The summed E-state index contributed by atoms with van der Waals surface area (Å²) in [6.45, 7) is 0. The summed E-state index contributed by atoms with van der Waals surface area (Å²) in [6.07, 6.45) is 0. The average molecular weight is 265 g/mol. The van der Waals surface area contributed by atoms with Gasteiger partial charge in [0.05, 0.1) is 10.0 Å². The van der Waals surface area contributed by atoms with Gasteiger partial charge in [-0.05, 0) is 18.2 Å². The molecule has 0 radical (unpaired) electrons. The van der Waals surface area contributed by atoms with E-state index in [1.54, 1.807) is 18.2 Å². The molecule has 84 valence electrons. The largest absolute Gasteiger partial charge is 0.384 e. The molecule has 0 atom stereocenters. The number of nitrogen functional groups attached to an aromatic ring is 1. The zero-order chi connectivity index (χ0) is 12.4. The second-order valence-electron chi connectivity index (χ2n) is 3.24. The van der Waals surface area contributed by atoms with Crippen LogP contribution in [0.2, 0.25) is 10.0 Å². The molecular weight excluding hydrogens is 259 g/mol. The molecule has 2 N–H and O–H groups in total. The van der Waals surface area contributed by atoms with Gasteiger partial charge in [-0.25, -0.2) is 9.97 Å². The normalized spacial score (nSPS) is 9.94. The number of rotatable bonds is 1. The molecular formula is C11H6Cl2N4. The van der Waals surface area contributed by atoms with Crippen LogP contribution >= 0.6 is 23.2 Å². The molecule has 2 rings (SSSR count). The second kappa shape index (κ2) is 4.58. The zero-order valence-corrected chi connectivity index (χ0v) is 10.00. The van der Waals surface area contributed by atoms with E-state index in [2.05, 4.69) is 9.97 Å². The predicted octanol–water partition coefficient (Wildman–Crippen LogP) is 2.90. The van der Waals surface area contributed by atoms with Crippen molar-refractivity contribution in [2.45, 2.75) is 0 Å². The van der Waals surface area contributed by atoms with Crippen molar-refractivity contribution < 1.29 is 0 Å². The number of nitriles is 1. The number of benzene rings is 1. The summed E-state index contributed by atoms with van der Waals surface area (Å²) in [6, 6.07) is 8.29. The molecule has 2 aromatic rings. The monoisotopic (exact) mass is 264 g/mol. The Balaban J connectivity index is 2.56. The molecule has 0 bridgehead atoms. The van der Waals surface area contributed by atoms with E-state index in [1.807, 2.05) is 6.07 Å². The summed E-state index contributed by atoms with van der Waals surface area (Å²) in [4.78, 5) is 8.08. The van der Waals surface area contributed by atoms with Crippen LogP contribution in [0.5, 0.6) is 0 Å². The van der Waals surface area contributed by atoms with E-state index in [4.69, 9.17) is 34.2 Å². The Morgan fingerprint density at radius 3 is 2.53 bits per heavy atom. The SMILES string of the molecule is N#Cc1cc(N)nc(-c2ccc(Cl)c(Cl)c2)n1. The minimum Gasteiger partial charge on any atom is -0.384 e. The topological polar surface area (TPSA) is 75.6 Å². The Morgan fingerprint density at radius 1 is 1.12 bits per heavy atom. The summed E-state index contributed by atoms with van der Waals surface area (Å²) in [5.74, 6) is 0.581. The number of halogens is 2. The van der Waals surface area contributed by atoms with Gasteiger partial charge < -0.3 is 5.73 Å². The molecule has 0 spiro atoms. The van der Waals surface area contributed by atoms with Gasteiger partial charge in [0.1, 0.15) is 17.6 Å². The van der Waals surface area contributed by atoms with Gasteiger partial charge >= 0.3 is 0 Å². The third-order valence-corrected chi connectivity index (χ3v) is 2.78. The van der Waals surface area contributed by atoms with Gasteiger partial charge in [-0.3, -0.25) is 0 Å². The zero-order valence-electron chi connectivity index (χ0n) is 8.48. The van der Waals surface area contributed by atoms with Gasteiger partial charge in [0, 0.05) is 11.6 Å². The highest BCUT2D eigenvalue weighted by atomic mass is 35.5. The van der Waals surface area contributed by atoms with Crippen LogP contribution in [0.4, 0.5) is 5.82 Å². The highest BCUT2D eigenvalue weighted by Gasteiger charge is 2.07. The maximum absolute atomic E-state index is 8.79. The van der Waals surface area contributed by atoms with Crippen molar-refractivity contribution in [3.05, 3.63) is 40.0 Å². The van der Waals surface area contributed by atoms with E-state index in [0.717, 1.165) is 0 Å². The summed E-state index contributed by atoms with van der Waals surface area (Å²) in [5.41, 5.74) is 6.44. The summed E-state index contributed by atoms with van der Waals surface area (Å²) < 4.78 is 0. The highest BCUT2D eigenvalue weighted by molar-refractivity contribution is 6.42. The van der Waals surface area contributed by atoms with Crippen LogP contribution in [0.3, 0.4) is 0 Å². The van der Waals surface area contributed by atoms with Crippen LogP contribution in [-0.2, 0) is 0 Å². The predicted molar refractivity (Wildman–Crippen MR) is 66.6 cm³/mol. The molecule has 17 heavy (non-hydrogen) atoms. The van der Waals surface area contributed by atoms with E-state index in [-0.39, 0.29) is 11.5 Å². The fourth-order valence-electron chi connectivity index (χ4n) is 1.29. The Labute approximate surface area is 108 Å².